The number of nitrogens with one attached hydrogen (secondary N) is 3. The molecule has 120 valence electrons. The van der Waals surface area contributed by atoms with Crippen molar-refractivity contribution in [2.45, 2.75) is 0 Å². The summed E-state index contributed by atoms with van der Waals surface area (Å²) >= 11 is 0. The van der Waals surface area contributed by atoms with Gasteiger partial charge in [-0.2, -0.15) is 10.5 Å². The lowest BCUT2D eigenvalue weighted by Crippen LogP contribution is -2.99. The first-order valence-corrected chi connectivity index (χ1v) is 6.78. The smallest absolute Gasteiger partial charge is 0.208 e. The van der Waals surface area contributed by atoms with E-state index in [4.69, 9.17) is 4.74 Å². The van der Waals surface area contributed by atoms with Crippen LogP contribution < -0.4 is 15.2 Å². The van der Waals surface area contributed by atoms with Gasteiger partial charge in [0.05, 0.1) is 18.0 Å². The van der Waals surface area contributed by atoms with E-state index in [1.807, 2.05) is 6.07 Å². The number of hydrogen-bond acceptors (Lipinski definition) is 5. The van der Waals surface area contributed by atoms with E-state index in [1.54, 1.807) is 24.3 Å². The van der Waals surface area contributed by atoms with Crippen molar-refractivity contribution in [1.82, 2.24) is 4.98 Å². The number of rotatable bonds is 4. The van der Waals surface area contributed by atoms with E-state index in [0.717, 1.165) is 0 Å². The van der Waals surface area contributed by atoms with Crippen LogP contribution in [0.4, 0.5) is 11.4 Å². The van der Waals surface area contributed by atoms with Crippen LogP contribution in [0.15, 0.2) is 42.5 Å². The minimum atomic E-state index is -1.14. The van der Waals surface area contributed by atoms with Crippen LogP contribution in [0.1, 0.15) is 0 Å². The van der Waals surface area contributed by atoms with E-state index in [1.165, 1.54) is 19.2 Å². The van der Waals surface area contributed by atoms with E-state index in [9.17, 15) is 20.8 Å². The zero-order valence-corrected chi connectivity index (χ0v) is 12.2. The third-order valence-electron chi connectivity index (χ3n) is 3.63. The van der Waals surface area contributed by atoms with E-state index < -0.39 is 10.5 Å². The number of aromatic amines is 1. The molecule has 5 N–H and O–H groups in total. The maximum absolute atomic E-state index is 11.7. The highest BCUT2D eigenvalue weighted by atomic mass is 16.8. The Morgan fingerprint density at radius 1 is 1.04 bits per heavy atom. The molecule has 23 heavy (non-hydrogen) atoms. The van der Waals surface area contributed by atoms with Crippen LogP contribution in [-0.2, 0) is 0 Å². The molecule has 2 atom stereocenters. The number of fused-ring (bicyclic) bond motifs is 1. The number of methoxy groups -OCH3 is 1. The summed E-state index contributed by atoms with van der Waals surface area (Å²) in [5.74, 6) is 0.117. The summed E-state index contributed by atoms with van der Waals surface area (Å²) in [6, 6.07) is 11.8. The van der Waals surface area contributed by atoms with Crippen LogP contribution in [0.5, 0.6) is 5.75 Å². The van der Waals surface area contributed by atoms with E-state index in [2.05, 4.69) is 4.98 Å². The van der Waals surface area contributed by atoms with Gasteiger partial charge in [-0.3, -0.25) is 0 Å². The SMILES string of the molecule is COc1cc2c([NH+]([O-])O)c(-c3ccccc3)[nH]c2cc1[NH+]([O-])O. The molecule has 0 radical (unpaired) electrons. The fourth-order valence-corrected chi connectivity index (χ4v) is 2.60. The lowest BCUT2D eigenvalue weighted by molar-refractivity contribution is -0.991. The fraction of sp³-hybridized carbons (Fsp3) is 0.0667. The highest BCUT2D eigenvalue weighted by Crippen LogP contribution is 2.36. The molecule has 1 aromatic heterocycles. The fourth-order valence-electron chi connectivity index (χ4n) is 2.60. The molecule has 0 saturated heterocycles. The number of benzene rings is 2. The zero-order valence-electron chi connectivity index (χ0n) is 12.2. The second-order valence-corrected chi connectivity index (χ2v) is 4.95. The minimum Gasteiger partial charge on any atom is -0.595 e. The third-order valence-corrected chi connectivity index (χ3v) is 3.63. The Balaban J connectivity index is 2.32. The Hall–Kier alpha value is -2.46. The molecule has 1 heterocycles. The van der Waals surface area contributed by atoms with Gasteiger partial charge in [0, 0.05) is 17.7 Å². The van der Waals surface area contributed by atoms with Crippen molar-refractivity contribution in [3.63, 3.8) is 0 Å². The number of hydrogen-bond donors (Lipinski definition) is 5. The molecular formula is C15H15N3O5. The van der Waals surface area contributed by atoms with Crippen molar-refractivity contribution in [1.29, 1.82) is 0 Å². The van der Waals surface area contributed by atoms with Gasteiger partial charge >= 0.3 is 0 Å². The molecule has 8 nitrogen and oxygen atoms in total. The molecule has 0 spiro atoms. The highest BCUT2D eigenvalue weighted by Gasteiger charge is 2.23. The third kappa shape index (κ3) is 2.66. The van der Waals surface area contributed by atoms with E-state index >= 15 is 0 Å². The van der Waals surface area contributed by atoms with E-state index in [0.29, 0.717) is 22.2 Å². The van der Waals surface area contributed by atoms with Crippen LogP contribution in [0.3, 0.4) is 0 Å². The largest absolute Gasteiger partial charge is 0.595 e. The molecule has 0 aliphatic carbocycles. The normalized spacial score (nSPS) is 14.0. The molecule has 8 heteroatoms. The Bertz CT molecular complexity index is 830. The first-order chi connectivity index (χ1) is 11.0. The average Bonchev–Trinajstić information content (AvgIpc) is 2.92. The highest BCUT2D eigenvalue weighted by molar-refractivity contribution is 5.99. The van der Waals surface area contributed by atoms with Gasteiger partial charge in [0.25, 0.3) is 0 Å². The Kier molecular flexibility index (Phi) is 4.01. The Morgan fingerprint density at radius 3 is 2.30 bits per heavy atom. The van der Waals surface area contributed by atoms with Crippen molar-refractivity contribution < 1.29 is 25.6 Å². The Labute approximate surface area is 130 Å². The zero-order chi connectivity index (χ0) is 16.6. The summed E-state index contributed by atoms with van der Waals surface area (Å²) < 4.78 is 5.08. The Morgan fingerprint density at radius 2 is 1.74 bits per heavy atom. The number of aromatic nitrogens is 1. The lowest BCUT2D eigenvalue weighted by Gasteiger charge is -2.15. The molecule has 0 fully saturated rings. The molecule has 2 aromatic carbocycles. The second-order valence-electron chi connectivity index (χ2n) is 4.95. The molecule has 0 aliphatic rings. The predicted octanol–water partition coefficient (Wildman–Crippen LogP) is 0.650. The van der Waals surface area contributed by atoms with Crippen LogP contribution in [0.25, 0.3) is 22.2 Å². The molecule has 0 saturated carbocycles. The summed E-state index contributed by atoms with van der Waals surface area (Å²) in [4.78, 5) is 3.01. The van der Waals surface area contributed by atoms with Gasteiger partial charge in [-0.05, 0) is 0 Å². The topological polar surface area (TPSA) is 120 Å². The first kappa shape index (κ1) is 15.4. The van der Waals surface area contributed by atoms with Crippen LogP contribution in [0, 0.1) is 10.4 Å². The van der Waals surface area contributed by atoms with Gasteiger partial charge in [0.2, 0.25) is 5.69 Å². The number of quaternary nitrogens is 2. The van der Waals surface area contributed by atoms with Gasteiger partial charge in [0.1, 0.15) is 5.69 Å². The van der Waals surface area contributed by atoms with Crippen molar-refractivity contribution >= 4 is 22.3 Å². The summed E-state index contributed by atoms with van der Waals surface area (Å²) in [6.45, 7) is 0. The van der Waals surface area contributed by atoms with Crippen molar-refractivity contribution in [2.24, 2.45) is 0 Å². The molecule has 2 unspecified atom stereocenters. The molecule has 3 aromatic rings. The second kappa shape index (κ2) is 5.97. The number of H-pyrrole nitrogens is 1. The van der Waals surface area contributed by atoms with Crippen molar-refractivity contribution in [3.05, 3.63) is 52.9 Å². The predicted molar refractivity (Wildman–Crippen MR) is 81.8 cm³/mol. The maximum atomic E-state index is 11.7. The van der Waals surface area contributed by atoms with Crippen molar-refractivity contribution in [2.75, 3.05) is 7.11 Å². The van der Waals surface area contributed by atoms with Gasteiger partial charge in [-0.1, -0.05) is 30.3 Å². The van der Waals surface area contributed by atoms with E-state index in [-0.39, 0.29) is 17.1 Å². The van der Waals surface area contributed by atoms with Crippen LogP contribution >= 0.6 is 0 Å². The van der Waals surface area contributed by atoms with Gasteiger partial charge in [-0.25, -0.2) is 10.4 Å². The molecule has 0 aliphatic heterocycles. The summed E-state index contributed by atoms with van der Waals surface area (Å²) in [5.41, 5.74) is 1.62. The summed E-state index contributed by atoms with van der Waals surface area (Å²) in [5, 5.41) is 40.0. The lowest BCUT2D eigenvalue weighted by atomic mass is 10.1. The molecule has 0 amide bonds. The van der Waals surface area contributed by atoms with Crippen molar-refractivity contribution in [3.8, 4) is 17.0 Å². The van der Waals surface area contributed by atoms with Gasteiger partial charge in [-0.15, -0.1) is 0 Å². The molecule has 0 bridgehead atoms. The minimum absolute atomic E-state index is 0.0298. The maximum Gasteiger partial charge on any atom is 0.208 e. The molecule has 3 rings (SSSR count). The summed E-state index contributed by atoms with van der Waals surface area (Å²) in [6.07, 6.45) is 0. The van der Waals surface area contributed by atoms with Gasteiger partial charge < -0.3 is 20.1 Å². The quantitative estimate of drug-likeness (QED) is 0.453. The number of ether oxygens (including phenoxy) is 1. The van der Waals surface area contributed by atoms with Crippen LogP contribution in [0.2, 0.25) is 0 Å². The monoisotopic (exact) mass is 317 g/mol. The first-order valence-electron chi connectivity index (χ1n) is 6.78. The molecular weight excluding hydrogens is 302 g/mol. The van der Waals surface area contributed by atoms with Crippen LogP contribution in [-0.4, -0.2) is 22.5 Å². The summed E-state index contributed by atoms with van der Waals surface area (Å²) in [7, 11) is 1.35. The standard InChI is InChI=1S/C15H15N3O5/c1-23-13-7-10-11(8-12(13)17(19)20)16-14(15(10)18(21)22)9-5-3-2-4-6-9/h2-8,16-19,21H,1H3. The average molecular weight is 317 g/mol. The van der Waals surface area contributed by atoms with Gasteiger partial charge in [0.15, 0.2) is 11.4 Å².